The van der Waals surface area contributed by atoms with Crippen molar-refractivity contribution >= 4 is 34.6 Å². The van der Waals surface area contributed by atoms with E-state index < -0.39 is 0 Å². The lowest BCUT2D eigenvalue weighted by molar-refractivity contribution is 0.102. The lowest BCUT2D eigenvalue weighted by Crippen LogP contribution is -2.31. The molecular formula is C19H23N3O4S. The van der Waals surface area contributed by atoms with E-state index in [1.165, 1.54) is 14.2 Å². The lowest BCUT2D eigenvalue weighted by Gasteiger charge is -2.17. The van der Waals surface area contributed by atoms with Crippen LogP contribution in [0.1, 0.15) is 10.4 Å². The van der Waals surface area contributed by atoms with Gasteiger partial charge < -0.3 is 30.2 Å². The molecule has 0 fully saturated rings. The first-order chi connectivity index (χ1) is 13.1. The predicted octanol–water partition coefficient (Wildman–Crippen LogP) is 2.89. The van der Waals surface area contributed by atoms with Crippen molar-refractivity contribution in [1.82, 2.24) is 5.32 Å². The summed E-state index contributed by atoms with van der Waals surface area (Å²) in [5.41, 5.74) is 1.65. The van der Waals surface area contributed by atoms with Gasteiger partial charge >= 0.3 is 0 Å². The SMILES string of the molecule is COCCNC(=S)Nc1cc(OC)c(NC(=O)c2ccccc2)cc1OC. The summed E-state index contributed by atoms with van der Waals surface area (Å²) in [5.74, 6) is 0.741. The molecule has 2 aromatic carbocycles. The van der Waals surface area contributed by atoms with Gasteiger partial charge in [-0.15, -0.1) is 0 Å². The molecular weight excluding hydrogens is 366 g/mol. The third kappa shape index (κ3) is 5.83. The predicted molar refractivity (Wildman–Crippen MR) is 110 cm³/mol. The molecule has 0 aromatic heterocycles. The highest BCUT2D eigenvalue weighted by Crippen LogP contribution is 2.36. The van der Waals surface area contributed by atoms with Gasteiger partial charge in [-0.2, -0.15) is 0 Å². The van der Waals surface area contributed by atoms with Gasteiger partial charge in [0.15, 0.2) is 5.11 Å². The molecule has 1 amide bonds. The van der Waals surface area contributed by atoms with Gasteiger partial charge in [0.1, 0.15) is 11.5 Å². The Morgan fingerprint density at radius 3 is 2.11 bits per heavy atom. The summed E-state index contributed by atoms with van der Waals surface area (Å²) < 4.78 is 15.8. The Balaban J connectivity index is 2.19. The monoisotopic (exact) mass is 389 g/mol. The van der Waals surface area contributed by atoms with Crippen molar-refractivity contribution in [2.24, 2.45) is 0 Å². The van der Waals surface area contributed by atoms with Crippen molar-refractivity contribution in [2.45, 2.75) is 0 Å². The molecule has 0 spiro atoms. The van der Waals surface area contributed by atoms with Crippen molar-refractivity contribution in [2.75, 3.05) is 45.1 Å². The molecule has 0 aliphatic carbocycles. The Kier molecular flexibility index (Phi) is 7.84. The minimum absolute atomic E-state index is 0.242. The van der Waals surface area contributed by atoms with Crippen LogP contribution >= 0.6 is 12.2 Å². The van der Waals surface area contributed by atoms with Crippen LogP contribution in [-0.2, 0) is 4.74 Å². The molecule has 0 heterocycles. The first-order valence-corrected chi connectivity index (χ1v) is 8.66. The number of thiocarbonyl (C=S) groups is 1. The molecule has 0 radical (unpaired) electrons. The van der Waals surface area contributed by atoms with Crippen LogP contribution in [0.15, 0.2) is 42.5 Å². The van der Waals surface area contributed by atoms with Crippen LogP contribution in [0.4, 0.5) is 11.4 Å². The smallest absolute Gasteiger partial charge is 0.255 e. The molecule has 0 atom stereocenters. The molecule has 0 unspecified atom stereocenters. The van der Waals surface area contributed by atoms with Gasteiger partial charge in [-0.05, 0) is 24.4 Å². The van der Waals surface area contributed by atoms with E-state index in [4.69, 9.17) is 26.4 Å². The molecule has 0 aliphatic heterocycles. The number of methoxy groups -OCH3 is 3. The van der Waals surface area contributed by atoms with Gasteiger partial charge in [0, 0.05) is 31.4 Å². The van der Waals surface area contributed by atoms with Gasteiger partial charge in [-0.3, -0.25) is 4.79 Å². The Morgan fingerprint density at radius 2 is 1.56 bits per heavy atom. The van der Waals surface area contributed by atoms with Crippen molar-refractivity contribution < 1.29 is 19.0 Å². The number of nitrogens with one attached hydrogen (secondary N) is 3. The highest BCUT2D eigenvalue weighted by Gasteiger charge is 2.15. The van der Waals surface area contributed by atoms with Crippen LogP contribution in [0.3, 0.4) is 0 Å². The van der Waals surface area contributed by atoms with E-state index in [1.807, 2.05) is 6.07 Å². The summed E-state index contributed by atoms with van der Waals surface area (Å²) >= 11 is 5.26. The fourth-order valence-corrected chi connectivity index (χ4v) is 2.52. The van der Waals surface area contributed by atoms with E-state index in [1.54, 1.807) is 43.5 Å². The molecule has 3 N–H and O–H groups in total. The molecule has 144 valence electrons. The van der Waals surface area contributed by atoms with Crippen molar-refractivity contribution in [3.05, 3.63) is 48.0 Å². The van der Waals surface area contributed by atoms with Gasteiger partial charge in [0.2, 0.25) is 0 Å². The average Bonchev–Trinajstić information content (AvgIpc) is 2.69. The number of hydrogen-bond acceptors (Lipinski definition) is 5. The maximum absolute atomic E-state index is 12.4. The summed E-state index contributed by atoms with van der Waals surface area (Å²) in [7, 11) is 4.69. The molecule has 8 heteroatoms. The molecule has 2 aromatic rings. The zero-order valence-corrected chi connectivity index (χ0v) is 16.3. The molecule has 0 aliphatic rings. The van der Waals surface area contributed by atoms with Gasteiger partial charge in [-0.1, -0.05) is 18.2 Å². The Morgan fingerprint density at radius 1 is 0.963 bits per heavy atom. The van der Waals surface area contributed by atoms with E-state index in [-0.39, 0.29) is 5.91 Å². The lowest BCUT2D eigenvalue weighted by atomic mass is 10.2. The van der Waals surface area contributed by atoms with E-state index in [9.17, 15) is 4.79 Å². The van der Waals surface area contributed by atoms with Crippen molar-refractivity contribution in [3.63, 3.8) is 0 Å². The van der Waals surface area contributed by atoms with Crippen LogP contribution < -0.4 is 25.4 Å². The zero-order valence-electron chi connectivity index (χ0n) is 15.5. The summed E-state index contributed by atoms with van der Waals surface area (Å²) in [6.07, 6.45) is 0. The quantitative estimate of drug-likeness (QED) is 0.473. The second kappa shape index (κ2) is 10.3. The molecule has 0 bridgehead atoms. The molecule has 0 saturated carbocycles. The number of benzene rings is 2. The van der Waals surface area contributed by atoms with E-state index in [0.29, 0.717) is 46.7 Å². The Bertz CT molecular complexity index is 784. The van der Waals surface area contributed by atoms with Crippen LogP contribution in [0.5, 0.6) is 11.5 Å². The number of anilines is 2. The Labute approximate surface area is 164 Å². The van der Waals surface area contributed by atoms with Crippen molar-refractivity contribution in [3.8, 4) is 11.5 Å². The van der Waals surface area contributed by atoms with E-state index >= 15 is 0 Å². The second-order valence-electron chi connectivity index (χ2n) is 5.45. The van der Waals surface area contributed by atoms with Crippen molar-refractivity contribution in [1.29, 1.82) is 0 Å². The van der Waals surface area contributed by atoms with E-state index in [0.717, 1.165) is 0 Å². The number of rotatable bonds is 8. The number of carbonyl (C=O) groups excluding carboxylic acids is 1. The van der Waals surface area contributed by atoms with Crippen LogP contribution in [0.25, 0.3) is 0 Å². The summed E-state index contributed by atoms with van der Waals surface area (Å²) in [6, 6.07) is 12.3. The first kappa shape index (κ1) is 20.5. The summed E-state index contributed by atoms with van der Waals surface area (Å²) in [5, 5.41) is 9.34. The standard InChI is InChI=1S/C19H23N3O4S/c1-24-10-9-20-19(27)22-15-12-16(25-2)14(11-17(15)26-3)21-18(23)13-7-5-4-6-8-13/h4-8,11-12H,9-10H2,1-3H3,(H,21,23)(H2,20,22,27). The van der Waals surface area contributed by atoms with Crippen LogP contribution in [0.2, 0.25) is 0 Å². The number of ether oxygens (including phenoxy) is 3. The fourth-order valence-electron chi connectivity index (χ4n) is 2.31. The second-order valence-corrected chi connectivity index (χ2v) is 5.85. The van der Waals surface area contributed by atoms with E-state index in [2.05, 4.69) is 16.0 Å². The van der Waals surface area contributed by atoms with Crippen LogP contribution in [-0.4, -0.2) is 45.5 Å². The normalized spacial score (nSPS) is 10.0. The maximum Gasteiger partial charge on any atom is 0.255 e. The zero-order chi connectivity index (χ0) is 19.6. The highest BCUT2D eigenvalue weighted by molar-refractivity contribution is 7.80. The minimum atomic E-state index is -0.242. The molecule has 2 rings (SSSR count). The maximum atomic E-state index is 12.4. The number of hydrogen-bond donors (Lipinski definition) is 3. The molecule has 7 nitrogen and oxygen atoms in total. The Hall–Kier alpha value is -2.84. The number of carbonyl (C=O) groups is 1. The average molecular weight is 389 g/mol. The third-order valence-corrected chi connectivity index (χ3v) is 3.89. The minimum Gasteiger partial charge on any atom is -0.494 e. The molecule has 0 saturated heterocycles. The van der Waals surface area contributed by atoms with Gasteiger partial charge in [0.05, 0.1) is 32.2 Å². The van der Waals surface area contributed by atoms with Gasteiger partial charge in [-0.25, -0.2) is 0 Å². The van der Waals surface area contributed by atoms with Gasteiger partial charge in [0.25, 0.3) is 5.91 Å². The highest BCUT2D eigenvalue weighted by atomic mass is 32.1. The summed E-state index contributed by atoms with van der Waals surface area (Å²) in [6.45, 7) is 1.11. The third-order valence-electron chi connectivity index (χ3n) is 3.65. The summed E-state index contributed by atoms with van der Waals surface area (Å²) in [4.78, 5) is 12.4. The number of amides is 1. The van der Waals surface area contributed by atoms with Crippen LogP contribution in [0, 0.1) is 0 Å². The first-order valence-electron chi connectivity index (χ1n) is 8.25. The largest absolute Gasteiger partial charge is 0.494 e. The topological polar surface area (TPSA) is 80.9 Å². The fraction of sp³-hybridized carbons (Fsp3) is 0.263. The molecule has 27 heavy (non-hydrogen) atoms.